The topological polar surface area (TPSA) is 58.6 Å². The fourth-order valence-electron chi connectivity index (χ4n) is 1.39. The maximum Gasteiger partial charge on any atom is 0.410 e. The van der Waals surface area contributed by atoms with Gasteiger partial charge >= 0.3 is 6.09 Å². The minimum absolute atomic E-state index is 0. The maximum absolute atomic E-state index is 11.5. The lowest BCUT2D eigenvalue weighted by molar-refractivity contribution is -0.109. The second-order valence-electron chi connectivity index (χ2n) is 4.78. The molecule has 0 aromatic heterocycles. The molecule has 1 aliphatic heterocycles. The zero-order chi connectivity index (χ0) is 13.5. The van der Waals surface area contributed by atoms with Crippen molar-refractivity contribution in [2.45, 2.75) is 40.2 Å². The summed E-state index contributed by atoms with van der Waals surface area (Å²) in [6.45, 7) is 11.5. The van der Waals surface area contributed by atoms with Crippen molar-refractivity contribution in [2.24, 2.45) is 5.92 Å². The number of nitrogens with one attached hydrogen (secondary N) is 1. The number of ether oxygens (including phenoxy) is 1. The Labute approximate surface area is 105 Å². The van der Waals surface area contributed by atoms with Crippen LogP contribution in [-0.2, 0) is 9.53 Å². The average Bonchev–Trinajstić information content (AvgIpc) is 2.16. The number of hydrogen-bond acceptors (Lipinski definition) is 3. The highest BCUT2D eigenvalue weighted by Crippen LogP contribution is 2.18. The van der Waals surface area contributed by atoms with E-state index in [9.17, 15) is 9.59 Å². The van der Waals surface area contributed by atoms with Gasteiger partial charge in [0.15, 0.2) is 0 Å². The monoisotopic (exact) mass is 246 g/mol. The Morgan fingerprint density at radius 3 is 2.41 bits per heavy atom. The van der Waals surface area contributed by atoms with Crippen LogP contribution in [0.5, 0.6) is 0 Å². The minimum Gasteiger partial charge on any atom is -0.444 e. The Bertz CT molecular complexity index is 248. The van der Waals surface area contributed by atoms with E-state index in [1.54, 1.807) is 4.90 Å². The molecule has 0 aromatic carbocycles. The van der Waals surface area contributed by atoms with E-state index in [1.165, 1.54) is 0 Å². The highest BCUT2D eigenvalue weighted by atomic mass is 16.6. The summed E-state index contributed by atoms with van der Waals surface area (Å²) in [5.74, 6) is 0.364. The third-order valence-corrected chi connectivity index (χ3v) is 2.10. The number of carbonyl (C=O) groups excluding carboxylic acids is 2. The van der Waals surface area contributed by atoms with Crippen molar-refractivity contribution in [3.05, 3.63) is 0 Å². The Morgan fingerprint density at radius 2 is 2.00 bits per heavy atom. The molecule has 0 saturated carbocycles. The molecule has 2 amide bonds. The summed E-state index contributed by atoms with van der Waals surface area (Å²) in [6, 6.07) is 0. The van der Waals surface area contributed by atoms with E-state index < -0.39 is 5.60 Å². The molecule has 5 nitrogen and oxygen atoms in total. The first kappa shape index (κ1) is 15.7. The van der Waals surface area contributed by atoms with Crippen LogP contribution in [0.2, 0.25) is 0 Å². The third-order valence-electron chi connectivity index (χ3n) is 2.10. The number of nitrogens with zero attached hydrogens (tertiary/aromatic N) is 1. The van der Waals surface area contributed by atoms with Crippen molar-refractivity contribution in [2.75, 3.05) is 19.6 Å². The van der Waals surface area contributed by atoms with E-state index in [0.29, 0.717) is 32.0 Å². The predicted molar refractivity (Wildman–Crippen MR) is 68.8 cm³/mol. The SMILES string of the molecule is CC.CC(C)(C)OC(=O)N1CC(CNC=O)C1.[HH]. The van der Waals surface area contributed by atoms with Gasteiger partial charge in [-0.15, -0.1) is 0 Å². The van der Waals surface area contributed by atoms with Crippen molar-refractivity contribution in [1.82, 2.24) is 10.2 Å². The van der Waals surface area contributed by atoms with Crippen molar-refractivity contribution < 1.29 is 15.8 Å². The van der Waals surface area contributed by atoms with E-state index in [2.05, 4.69) is 5.32 Å². The molecule has 1 N–H and O–H groups in total. The minimum atomic E-state index is -0.441. The van der Waals surface area contributed by atoms with E-state index in [-0.39, 0.29) is 7.52 Å². The first-order chi connectivity index (χ1) is 7.92. The number of rotatable bonds is 3. The third kappa shape index (κ3) is 6.14. The van der Waals surface area contributed by atoms with Crippen molar-refractivity contribution in [3.63, 3.8) is 0 Å². The Morgan fingerprint density at radius 1 is 1.47 bits per heavy atom. The van der Waals surface area contributed by atoms with Gasteiger partial charge < -0.3 is 15.0 Å². The Balaban J connectivity index is 0. The molecule has 1 saturated heterocycles. The highest BCUT2D eigenvalue weighted by Gasteiger charge is 2.33. The first-order valence-electron chi connectivity index (χ1n) is 6.07. The highest BCUT2D eigenvalue weighted by molar-refractivity contribution is 5.69. The van der Waals surface area contributed by atoms with E-state index in [0.717, 1.165) is 0 Å². The molecule has 0 spiro atoms. The standard InChI is InChI=1S/C10H18N2O3.C2H6.H2/c1-10(2,3)15-9(14)12-5-8(6-12)4-11-7-13;1-2;/h7-8H,4-6H2,1-3H3,(H,11,13);1-2H3;1H. The number of hydrogen-bond donors (Lipinski definition) is 1. The molecule has 0 aromatic rings. The van der Waals surface area contributed by atoms with Crippen molar-refractivity contribution in [1.29, 1.82) is 0 Å². The van der Waals surface area contributed by atoms with Crippen LogP contribution in [0.15, 0.2) is 0 Å². The van der Waals surface area contributed by atoms with Gasteiger partial charge in [0.25, 0.3) is 0 Å². The van der Waals surface area contributed by atoms with E-state index in [1.807, 2.05) is 34.6 Å². The second kappa shape index (κ2) is 7.14. The number of likely N-dealkylation sites (tertiary alicyclic amines) is 1. The Kier molecular flexibility index (Phi) is 6.61. The number of carbonyl (C=O) groups is 2. The molecule has 1 fully saturated rings. The fraction of sp³-hybridized carbons (Fsp3) is 0.833. The quantitative estimate of drug-likeness (QED) is 0.773. The molecule has 0 atom stereocenters. The van der Waals surface area contributed by atoms with Gasteiger partial charge in [0.1, 0.15) is 5.60 Å². The van der Waals surface area contributed by atoms with Crippen LogP contribution in [-0.4, -0.2) is 42.6 Å². The molecule has 1 aliphatic rings. The van der Waals surface area contributed by atoms with E-state index in [4.69, 9.17) is 4.74 Å². The molecular formula is C12H26N2O3. The first-order valence-corrected chi connectivity index (χ1v) is 6.07. The zero-order valence-corrected chi connectivity index (χ0v) is 11.4. The van der Waals surface area contributed by atoms with Crippen LogP contribution >= 0.6 is 0 Å². The largest absolute Gasteiger partial charge is 0.444 e. The summed E-state index contributed by atoms with van der Waals surface area (Å²) in [4.78, 5) is 23.2. The molecule has 17 heavy (non-hydrogen) atoms. The van der Waals surface area contributed by atoms with Crippen LogP contribution in [0.3, 0.4) is 0 Å². The molecule has 1 rings (SSSR count). The molecule has 0 bridgehead atoms. The molecule has 5 heteroatoms. The maximum atomic E-state index is 11.5. The normalized spacial score (nSPS) is 15.2. The van der Waals surface area contributed by atoms with Gasteiger partial charge in [-0.1, -0.05) is 13.8 Å². The lowest BCUT2D eigenvalue weighted by Crippen LogP contribution is -2.54. The van der Waals surface area contributed by atoms with Crippen LogP contribution in [0.1, 0.15) is 36.0 Å². The van der Waals surface area contributed by atoms with E-state index >= 15 is 0 Å². The summed E-state index contributed by atoms with van der Waals surface area (Å²) >= 11 is 0. The summed E-state index contributed by atoms with van der Waals surface area (Å²) in [7, 11) is 0. The fourth-order valence-corrected chi connectivity index (χ4v) is 1.39. The van der Waals surface area contributed by atoms with Gasteiger partial charge in [0, 0.05) is 27.0 Å². The van der Waals surface area contributed by atoms with Crippen LogP contribution in [0, 0.1) is 5.92 Å². The summed E-state index contributed by atoms with van der Waals surface area (Å²) in [5.41, 5.74) is -0.441. The average molecular weight is 246 g/mol. The summed E-state index contributed by atoms with van der Waals surface area (Å²) < 4.78 is 5.19. The molecule has 102 valence electrons. The molecule has 1 heterocycles. The molecular weight excluding hydrogens is 220 g/mol. The second-order valence-corrected chi connectivity index (χ2v) is 4.78. The van der Waals surface area contributed by atoms with Gasteiger partial charge in [-0.25, -0.2) is 4.79 Å². The van der Waals surface area contributed by atoms with Crippen LogP contribution < -0.4 is 5.32 Å². The number of amides is 2. The van der Waals surface area contributed by atoms with Gasteiger partial charge in [-0.05, 0) is 20.8 Å². The smallest absolute Gasteiger partial charge is 0.410 e. The van der Waals surface area contributed by atoms with Gasteiger partial charge in [-0.3, -0.25) is 4.79 Å². The van der Waals surface area contributed by atoms with Crippen molar-refractivity contribution in [3.8, 4) is 0 Å². The van der Waals surface area contributed by atoms with Gasteiger partial charge in [-0.2, -0.15) is 0 Å². The van der Waals surface area contributed by atoms with Crippen LogP contribution in [0.4, 0.5) is 4.79 Å². The molecule has 0 aliphatic carbocycles. The van der Waals surface area contributed by atoms with Gasteiger partial charge in [0.05, 0.1) is 0 Å². The van der Waals surface area contributed by atoms with Crippen molar-refractivity contribution >= 4 is 12.5 Å². The summed E-state index contributed by atoms with van der Waals surface area (Å²) in [6.07, 6.45) is 0.403. The predicted octanol–water partition coefficient (Wildman–Crippen LogP) is 1.87. The Hall–Kier alpha value is -1.26. The van der Waals surface area contributed by atoms with Gasteiger partial charge in [0.2, 0.25) is 6.41 Å². The zero-order valence-electron chi connectivity index (χ0n) is 11.4. The lowest BCUT2D eigenvalue weighted by atomic mass is 10.0. The van der Waals surface area contributed by atoms with Crippen LogP contribution in [0.25, 0.3) is 0 Å². The molecule has 0 unspecified atom stereocenters. The lowest BCUT2D eigenvalue weighted by Gasteiger charge is -2.39. The summed E-state index contributed by atoms with van der Waals surface area (Å²) in [5, 5.41) is 2.60. The molecule has 0 radical (unpaired) electrons.